The van der Waals surface area contributed by atoms with Gasteiger partial charge in [0.05, 0.1) is 11.8 Å². The molecule has 158 valence electrons. The number of hydrogen-bond acceptors (Lipinski definition) is 6. The van der Waals surface area contributed by atoms with Crippen LogP contribution in [0.4, 0.5) is 0 Å². The first-order valence-electron chi connectivity index (χ1n) is 9.97. The lowest BCUT2D eigenvalue weighted by molar-refractivity contribution is 0.0694. The first kappa shape index (κ1) is 20.0. The van der Waals surface area contributed by atoms with E-state index in [1.807, 2.05) is 0 Å². The molecule has 4 rings (SSSR count). The summed E-state index contributed by atoms with van der Waals surface area (Å²) in [6.45, 7) is 6.10. The number of fused-ring (bicyclic) bond motifs is 1. The number of carbonyl (C=O) groups excluding carboxylic acids is 1. The van der Waals surface area contributed by atoms with Gasteiger partial charge in [-0.05, 0) is 32.8 Å². The summed E-state index contributed by atoms with van der Waals surface area (Å²) in [7, 11) is -1.46. The summed E-state index contributed by atoms with van der Waals surface area (Å²) in [5, 5.41) is 12.4. The number of carbonyl (C=O) groups is 1. The van der Waals surface area contributed by atoms with E-state index in [4.69, 9.17) is 0 Å². The number of nitrogens with zero attached hydrogens (tertiary/aromatic N) is 7. The average molecular weight is 422 g/mol. The number of piperidine rings is 1. The molecule has 2 aromatic rings. The molecule has 1 amide bonds. The summed E-state index contributed by atoms with van der Waals surface area (Å²) in [6.07, 6.45) is 3.09. The molecule has 2 aliphatic rings. The average Bonchev–Trinajstić information content (AvgIpc) is 3.33. The lowest BCUT2D eigenvalue weighted by Crippen LogP contribution is -2.42. The summed E-state index contributed by atoms with van der Waals surface area (Å²) in [5.74, 6) is 1.82. The standard InChI is InChI=1S/C18H27N7O3S/c1-13(2)29(27,28)24-8-5-14(6-9-24)17-21-20-16-12-23(10-11-25(16)17)18(26)15-4-7-19-22(15)3/h4,7,13-14H,5-6,8-12H2,1-3H3. The molecule has 0 aromatic carbocycles. The summed E-state index contributed by atoms with van der Waals surface area (Å²) in [6, 6.07) is 1.71. The molecule has 2 aromatic heterocycles. The van der Waals surface area contributed by atoms with Crippen LogP contribution in [0.15, 0.2) is 12.3 Å². The minimum Gasteiger partial charge on any atom is -0.328 e. The van der Waals surface area contributed by atoms with Crippen LogP contribution in [0.25, 0.3) is 0 Å². The van der Waals surface area contributed by atoms with Gasteiger partial charge >= 0.3 is 0 Å². The maximum Gasteiger partial charge on any atom is 0.272 e. The van der Waals surface area contributed by atoms with Crippen molar-refractivity contribution < 1.29 is 13.2 Å². The summed E-state index contributed by atoms with van der Waals surface area (Å²) in [5.41, 5.74) is 0.553. The molecule has 0 aliphatic carbocycles. The van der Waals surface area contributed by atoms with E-state index in [1.54, 1.807) is 47.0 Å². The van der Waals surface area contributed by atoms with Crippen molar-refractivity contribution in [3.63, 3.8) is 0 Å². The molecule has 2 aliphatic heterocycles. The Morgan fingerprint density at radius 3 is 2.48 bits per heavy atom. The Morgan fingerprint density at radius 1 is 1.14 bits per heavy atom. The van der Waals surface area contributed by atoms with Crippen molar-refractivity contribution in [2.45, 2.75) is 50.9 Å². The molecule has 1 fully saturated rings. The van der Waals surface area contributed by atoms with Crippen LogP contribution in [0.3, 0.4) is 0 Å². The molecule has 1 saturated heterocycles. The van der Waals surface area contributed by atoms with Gasteiger partial charge in [0.1, 0.15) is 11.5 Å². The van der Waals surface area contributed by atoms with E-state index >= 15 is 0 Å². The Bertz CT molecular complexity index is 1000. The fourth-order valence-corrected chi connectivity index (χ4v) is 5.38. The van der Waals surface area contributed by atoms with Gasteiger partial charge in [0.2, 0.25) is 10.0 Å². The molecule has 0 N–H and O–H groups in total. The van der Waals surface area contributed by atoms with Gasteiger partial charge in [-0.15, -0.1) is 10.2 Å². The van der Waals surface area contributed by atoms with Crippen LogP contribution in [-0.4, -0.2) is 73.0 Å². The minimum absolute atomic E-state index is 0.0620. The van der Waals surface area contributed by atoms with E-state index < -0.39 is 15.3 Å². The molecule has 10 nitrogen and oxygen atoms in total. The molecule has 0 unspecified atom stereocenters. The Morgan fingerprint density at radius 2 is 1.86 bits per heavy atom. The van der Waals surface area contributed by atoms with E-state index in [1.165, 1.54) is 0 Å². The Labute approximate surface area is 170 Å². The number of amides is 1. The Balaban J connectivity index is 1.44. The zero-order chi connectivity index (χ0) is 20.8. The topological polar surface area (TPSA) is 106 Å². The number of aryl methyl sites for hydroxylation is 1. The van der Waals surface area contributed by atoms with Crippen LogP contribution in [0.2, 0.25) is 0 Å². The number of hydrogen-bond donors (Lipinski definition) is 0. The molecule has 0 atom stereocenters. The number of rotatable bonds is 4. The Hall–Kier alpha value is -2.27. The van der Waals surface area contributed by atoms with E-state index in [9.17, 15) is 13.2 Å². The maximum atomic E-state index is 12.7. The van der Waals surface area contributed by atoms with Crippen molar-refractivity contribution in [3.8, 4) is 0 Å². The van der Waals surface area contributed by atoms with Gasteiger partial charge in [-0.3, -0.25) is 9.48 Å². The third-order valence-electron chi connectivity index (χ3n) is 5.88. The largest absolute Gasteiger partial charge is 0.328 e. The number of sulfonamides is 1. The monoisotopic (exact) mass is 421 g/mol. The van der Waals surface area contributed by atoms with Crippen molar-refractivity contribution in [2.75, 3.05) is 19.6 Å². The first-order valence-corrected chi connectivity index (χ1v) is 11.5. The molecule has 4 heterocycles. The summed E-state index contributed by atoms with van der Waals surface area (Å²) < 4.78 is 30.0. The minimum atomic E-state index is -3.21. The van der Waals surface area contributed by atoms with Crippen molar-refractivity contribution in [2.24, 2.45) is 7.05 Å². The molecule has 0 saturated carbocycles. The third-order valence-corrected chi connectivity index (χ3v) is 8.16. The van der Waals surface area contributed by atoms with Crippen LogP contribution in [0.5, 0.6) is 0 Å². The molecule has 0 spiro atoms. The van der Waals surface area contributed by atoms with Gasteiger partial charge in [-0.2, -0.15) is 5.10 Å². The second kappa shape index (κ2) is 7.52. The second-order valence-corrected chi connectivity index (χ2v) is 10.4. The van der Waals surface area contributed by atoms with Gasteiger partial charge < -0.3 is 9.47 Å². The fourth-order valence-electron chi connectivity index (χ4n) is 4.07. The third kappa shape index (κ3) is 3.57. The van der Waals surface area contributed by atoms with Gasteiger partial charge in [0.25, 0.3) is 5.91 Å². The molecule has 0 bridgehead atoms. The lowest BCUT2D eigenvalue weighted by Gasteiger charge is -2.33. The highest BCUT2D eigenvalue weighted by atomic mass is 32.2. The predicted octanol–water partition coefficient (Wildman–Crippen LogP) is 0.585. The van der Waals surface area contributed by atoms with Gasteiger partial charge in [-0.25, -0.2) is 12.7 Å². The normalized spacial score (nSPS) is 19.0. The van der Waals surface area contributed by atoms with Gasteiger partial charge in [0.15, 0.2) is 5.82 Å². The highest BCUT2D eigenvalue weighted by Gasteiger charge is 2.34. The molecule has 29 heavy (non-hydrogen) atoms. The van der Waals surface area contributed by atoms with Crippen molar-refractivity contribution in [1.29, 1.82) is 0 Å². The predicted molar refractivity (Wildman–Crippen MR) is 106 cm³/mol. The highest BCUT2D eigenvalue weighted by molar-refractivity contribution is 7.89. The molecular weight excluding hydrogens is 394 g/mol. The Kier molecular flexibility index (Phi) is 5.19. The molecular formula is C18H27N7O3S. The highest BCUT2D eigenvalue weighted by Crippen LogP contribution is 2.30. The molecule has 0 radical (unpaired) electrons. The van der Waals surface area contributed by atoms with Crippen LogP contribution in [0.1, 0.15) is 54.7 Å². The summed E-state index contributed by atoms with van der Waals surface area (Å²) >= 11 is 0. The zero-order valence-corrected chi connectivity index (χ0v) is 17.8. The van der Waals surface area contributed by atoms with Gasteiger partial charge in [-0.1, -0.05) is 0 Å². The van der Waals surface area contributed by atoms with E-state index in [-0.39, 0.29) is 11.8 Å². The number of aromatic nitrogens is 5. The maximum absolute atomic E-state index is 12.7. The lowest BCUT2D eigenvalue weighted by atomic mass is 9.97. The fraction of sp³-hybridized carbons (Fsp3) is 0.667. The summed E-state index contributed by atoms with van der Waals surface area (Å²) in [4.78, 5) is 14.5. The van der Waals surface area contributed by atoms with Crippen LogP contribution >= 0.6 is 0 Å². The molecule has 11 heteroatoms. The SMILES string of the molecule is CC(C)S(=O)(=O)N1CCC(c2nnc3n2CCN(C(=O)c2ccnn2C)C3)CC1. The quantitative estimate of drug-likeness (QED) is 0.715. The smallest absolute Gasteiger partial charge is 0.272 e. The first-order chi connectivity index (χ1) is 13.8. The zero-order valence-electron chi connectivity index (χ0n) is 17.0. The van der Waals surface area contributed by atoms with Crippen molar-refractivity contribution >= 4 is 15.9 Å². The van der Waals surface area contributed by atoms with Crippen LogP contribution in [0, 0.1) is 0 Å². The van der Waals surface area contributed by atoms with E-state index in [2.05, 4.69) is 19.9 Å². The van der Waals surface area contributed by atoms with Crippen LogP contribution in [-0.2, 0) is 30.2 Å². The van der Waals surface area contributed by atoms with E-state index in [0.29, 0.717) is 38.4 Å². The van der Waals surface area contributed by atoms with Crippen molar-refractivity contribution in [1.82, 2.24) is 33.8 Å². The van der Waals surface area contributed by atoms with Gasteiger partial charge in [0, 0.05) is 45.3 Å². The van der Waals surface area contributed by atoms with E-state index in [0.717, 1.165) is 24.5 Å². The van der Waals surface area contributed by atoms with Crippen LogP contribution < -0.4 is 0 Å². The second-order valence-electron chi connectivity index (χ2n) is 7.96. The van der Waals surface area contributed by atoms with Crippen molar-refractivity contribution in [3.05, 3.63) is 29.6 Å².